The van der Waals surface area contributed by atoms with Crippen LogP contribution in [0.5, 0.6) is 0 Å². The van der Waals surface area contributed by atoms with Gasteiger partial charge in [-0.3, -0.25) is 9.80 Å². The largest absolute Gasteiger partial charge is 0.461 e. The third kappa shape index (κ3) is 8.45. The van der Waals surface area contributed by atoms with Crippen LogP contribution >= 0.6 is 50.5 Å². The summed E-state index contributed by atoms with van der Waals surface area (Å²) in [7, 11) is 0. The van der Waals surface area contributed by atoms with Crippen molar-refractivity contribution in [3.05, 3.63) is 35.4 Å². The topological polar surface area (TPSA) is 59.1 Å². The van der Waals surface area contributed by atoms with Gasteiger partial charge in [-0.1, -0.05) is 0 Å². The molecule has 1 rings (SSSR count). The highest BCUT2D eigenvalue weighted by atomic mass is 32.1. The van der Waals surface area contributed by atoms with Crippen molar-refractivity contribution >= 4 is 62.5 Å². The molecule has 0 heterocycles. The van der Waals surface area contributed by atoms with Crippen molar-refractivity contribution in [2.24, 2.45) is 0 Å². The minimum absolute atomic E-state index is 0.247. The first-order chi connectivity index (χ1) is 12.5. The van der Waals surface area contributed by atoms with E-state index in [1.165, 1.54) is 0 Å². The van der Waals surface area contributed by atoms with E-state index in [0.717, 1.165) is 0 Å². The van der Waals surface area contributed by atoms with E-state index in [1.54, 1.807) is 24.3 Å². The van der Waals surface area contributed by atoms with Gasteiger partial charge in [-0.15, -0.1) is 0 Å². The zero-order valence-electron chi connectivity index (χ0n) is 14.3. The van der Waals surface area contributed by atoms with E-state index in [9.17, 15) is 9.59 Å². The molecule has 146 valence electrons. The van der Waals surface area contributed by atoms with Gasteiger partial charge in [0, 0.05) is 36.6 Å². The summed E-state index contributed by atoms with van der Waals surface area (Å²) in [6.45, 7) is 1.60. The highest BCUT2D eigenvalue weighted by molar-refractivity contribution is 7.81. The number of esters is 2. The van der Waals surface area contributed by atoms with E-state index in [2.05, 4.69) is 50.5 Å². The van der Waals surface area contributed by atoms with Crippen LogP contribution in [0.1, 0.15) is 20.7 Å². The van der Waals surface area contributed by atoms with Crippen molar-refractivity contribution in [3.8, 4) is 0 Å². The molecule has 0 saturated heterocycles. The molecule has 0 aromatic heterocycles. The molecule has 6 nitrogen and oxygen atoms in total. The zero-order valence-corrected chi connectivity index (χ0v) is 17.9. The third-order valence-corrected chi connectivity index (χ3v) is 5.04. The Hall–Kier alpha value is -0.520. The lowest BCUT2D eigenvalue weighted by atomic mass is 10.1. The molecule has 0 aliphatic rings. The molecular formula is C16H24N2O4S4. The lowest BCUT2D eigenvalue weighted by Crippen LogP contribution is -2.26. The highest BCUT2D eigenvalue weighted by Gasteiger charge is 2.12. The molecule has 1 aromatic carbocycles. The maximum atomic E-state index is 12.0. The van der Waals surface area contributed by atoms with Crippen molar-refractivity contribution in [2.45, 2.75) is 0 Å². The van der Waals surface area contributed by atoms with Crippen molar-refractivity contribution < 1.29 is 19.1 Å². The van der Waals surface area contributed by atoms with Gasteiger partial charge in [0.1, 0.15) is 13.2 Å². The van der Waals surface area contributed by atoms with Crippen LogP contribution in [0.25, 0.3) is 0 Å². The highest BCUT2D eigenvalue weighted by Crippen LogP contribution is 2.08. The van der Waals surface area contributed by atoms with Gasteiger partial charge in [0.2, 0.25) is 0 Å². The predicted octanol–water partition coefficient (Wildman–Crippen LogP) is 2.15. The molecule has 0 amide bonds. The molecule has 0 saturated carbocycles. The van der Waals surface area contributed by atoms with E-state index in [1.807, 2.05) is 9.80 Å². The number of hydrogen-bond acceptors (Lipinski definition) is 10. The molecule has 0 bridgehead atoms. The Morgan fingerprint density at radius 1 is 0.692 bits per heavy atom. The first-order valence-electron chi connectivity index (χ1n) is 7.88. The van der Waals surface area contributed by atoms with E-state index in [-0.39, 0.29) is 13.2 Å². The minimum Gasteiger partial charge on any atom is -0.461 e. The number of thiol groups is 4. The molecule has 0 spiro atoms. The Bertz CT molecular complexity index is 503. The van der Waals surface area contributed by atoms with Crippen LogP contribution in [0.2, 0.25) is 0 Å². The maximum absolute atomic E-state index is 12.0. The van der Waals surface area contributed by atoms with Crippen molar-refractivity contribution in [1.29, 1.82) is 0 Å². The molecule has 0 aliphatic heterocycles. The summed E-state index contributed by atoms with van der Waals surface area (Å²) in [5.74, 6) is 1.27. The number of benzene rings is 1. The minimum atomic E-state index is -0.443. The monoisotopic (exact) mass is 436 g/mol. The Labute approximate surface area is 176 Å². The van der Waals surface area contributed by atoms with Gasteiger partial charge in [0.25, 0.3) is 0 Å². The lowest BCUT2D eigenvalue weighted by molar-refractivity contribution is 0.0463. The Morgan fingerprint density at radius 2 is 1.00 bits per heavy atom. The zero-order chi connectivity index (χ0) is 19.4. The van der Waals surface area contributed by atoms with Crippen LogP contribution in [0, 0.1) is 0 Å². The second-order valence-electron chi connectivity index (χ2n) is 5.20. The van der Waals surface area contributed by atoms with Gasteiger partial charge in [0.15, 0.2) is 0 Å². The first kappa shape index (κ1) is 23.5. The van der Waals surface area contributed by atoms with Gasteiger partial charge in [-0.05, 0) is 24.3 Å². The number of ether oxygens (including phenoxy) is 2. The van der Waals surface area contributed by atoms with Gasteiger partial charge in [0.05, 0.1) is 11.1 Å². The van der Waals surface area contributed by atoms with Crippen LogP contribution in [0.3, 0.4) is 0 Å². The number of rotatable bonds is 12. The predicted molar refractivity (Wildman–Crippen MR) is 116 cm³/mol. The molecule has 10 heteroatoms. The Kier molecular flexibility index (Phi) is 12.3. The van der Waals surface area contributed by atoms with Gasteiger partial charge in [-0.25, -0.2) is 9.59 Å². The van der Waals surface area contributed by atoms with Crippen LogP contribution in [0.15, 0.2) is 24.3 Å². The van der Waals surface area contributed by atoms with Gasteiger partial charge < -0.3 is 9.47 Å². The molecule has 0 fully saturated rings. The molecule has 0 atom stereocenters. The van der Waals surface area contributed by atoms with Gasteiger partial charge >= 0.3 is 11.9 Å². The summed E-state index contributed by atoms with van der Waals surface area (Å²) in [5.41, 5.74) is 0.752. The molecule has 0 radical (unpaired) electrons. The molecular weight excluding hydrogens is 412 g/mol. The SMILES string of the molecule is O=C(OCCN(CS)CS)c1ccc(C(=O)OCCN(CS)CS)cc1. The average Bonchev–Trinajstić information content (AvgIpc) is 2.68. The average molecular weight is 437 g/mol. The molecule has 0 aliphatic carbocycles. The molecule has 0 N–H and O–H groups in total. The van der Waals surface area contributed by atoms with E-state index >= 15 is 0 Å². The van der Waals surface area contributed by atoms with Crippen LogP contribution in [-0.2, 0) is 9.47 Å². The smallest absolute Gasteiger partial charge is 0.338 e. The molecule has 26 heavy (non-hydrogen) atoms. The fourth-order valence-corrected chi connectivity index (χ4v) is 3.10. The lowest BCUT2D eigenvalue weighted by Gasteiger charge is -2.16. The first-order valence-corrected chi connectivity index (χ1v) is 10.4. The molecule has 0 unspecified atom stereocenters. The Morgan fingerprint density at radius 3 is 1.27 bits per heavy atom. The molecule has 1 aromatic rings. The van der Waals surface area contributed by atoms with Crippen LogP contribution in [-0.4, -0.2) is 71.5 Å². The van der Waals surface area contributed by atoms with E-state index < -0.39 is 11.9 Å². The van der Waals surface area contributed by atoms with E-state index in [4.69, 9.17) is 9.47 Å². The van der Waals surface area contributed by atoms with Crippen molar-refractivity contribution in [1.82, 2.24) is 9.80 Å². The van der Waals surface area contributed by atoms with Crippen molar-refractivity contribution in [2.75, 3.05) is 49.8 Å². The number of hydrogen-bond donors (Lipinski definition) is 4. The standard InChI is InChI=1S/C16H24N2O4S4/c19-15(21-7-5-17(9-23)10-24)13-1-2-14(4-3-13)16(20)22-8-6-18(11-25)12-26/h1-4,23-26H,5-12H2. The van der Waals surface area contributed by atoms with E-state index in [0.29, 0.717) is 47.7 Å². The summed E-state index contributed by atoms with van der Waals surface area (Å²) >= 11 is 16.6. The summed E-state index contributed by atoms with van der Waals surface area (Å²) in [5, 5.41) is 0. The van der Waals surface area contributed by atoms with Crippen LogP contribution in [0.4, 0.5) is 0 Å². The fourth-order valence-electron chi connectivity index (χ4n) is 1.82. The quantitative estimate of drug-likeness (QED) is 0.229. The van der Waals surface area contributed by atoms with Crippen molar-refractivity contribution in [3.63, 3.8) is 0 Å². The fraction of sp³-hybridized carbons (Fsp3) is 0.500. The summed E-state index contributed by atoms with van der Waals surface area (Å²) < 4.78 is 10.4. The Balaban J connectivity index is 2.44. The summed E-state index contributed by atoms with van der Waals surface area (Å²) in [4.78, 5) is 27.8. The third-order valence-electron chi connectivity index (χ3n) is 3.44. The number of carbonyl (C=O) groups is 2. The number of carbonyl (C=O) groups excluding carboxylic acids is 2. The van der Waals surface area contributed by atoms with Crippen LogP contribution < -0.4 is 0 Å². The summed E-state index contributed by atoms with van der Waals surface area (Å²) in [6.07, 6.45) is 0. The second-order valence-corrected chi connectivity index (χ2v) is 6.34. The maximum Gasteiger partial charge on any atom is 0.338 e. The normalized spacial score (nSPS) is 11.0. The second kappa shape index (κ2) is 13.6. The summed E-state index contributed by atoms with van der Waals surface area (Å²) in [6, 6.07) is 6.17. The number of nitrogens with zero attached hydrogens (tertiary/aromatic N) is 2. The van der Waals surface area contributed by atoms with Gasteiger partial charge in [-0.2, -0.15) is 50.5 Å².